The number of hydrogen-bond acceptors (Lipinski definition) is 7. The number of carbonyl (C=O) groups excluding carboxylic acids is 2. The van der Waals surface area contributed by atoms with Crippen molar-refractivity contribution >= 4 is 17.6 Å². The average molecular weight is 387 g/mol. The molecule has 0 aliphatic heterocycles. The Morgan fingerprint density at radius 1 is 0.964 bits per heavy atom. The second kappa shape index (κ2) is 9.50. The first kappa shape index (κ1) is 20.9. The van der Waals surface area contributed by atoms with E-state index in [1.807, 2.05) is 13.8 Å². The summed E-state index contributed by atoms with van der Waals surface area (Å²) in [6, 6.07) is 11.4. The summed E-state index contributed by atoms with van der Waals surface area (Å²) in [6.07, 6.45) is -0.933. The van der Waals surface area contributed by atoms with Crippen molar-refractivity contribution in [2.24, 2.45) is 5.92 Å². The minimum Gasteiger partial charge on any atom is -0.479 e. The predicted octanol–water partition coefficient (Wildman–Crippen LogP) is 3.78. The zero-order valence-corrected chi connectivity index (χ0v) is 15.8. The van der Waals surface area contributed by atoms with Crippen molar-refractivity contribution in [3.8, 4) is 11.5 Å². The fraction of sp³-hybridized carbons (Fsp3) is 0.300. The quantitative estimate of drug-likeness (QED) is 0.294. The molecule has 28 heavy (non-hydrogen) atoms. The average Bonchev–Trinajstić information content (AvgIpc) is 2.67. The van der Waals surface area contributed by atoms with Crippen molar-refractivity contribution in [2.75, 3.05) is 6.61 Å². The van der Waals surface area contributed by atoms with Gasteiger partial charge in [0.1, 0.15) is 11.5 Å². The topological polar surface area (TPSA) is 105 Å². The number of nitro groups is 1. The molecule has 0 amide bonds. The van der Waals surface area contributed by atoms with Crippen LogP contribution in [0.1, 0.15) is 31.1 Å². The number of benzene rings is 2. The molecule has 148 valence electrons. The molecule has 8 nitrogen and oxygen atoms in total. The van der Waals surface area contributed by atoms with Gasteiger partial charge in [-0.3, -0.25) is 10.1 Å². The lowest BCUT2D eigenvalue weighted by molar-refractivity contribution is -0.384. The summed E-state index contributed by atoms with van der Waals surface area (Å²) in [5, 5.41) is 10.6. The molecule has 0 saturated heterocycles. The van der Waals surface area contributed by atoms with E-state index in [1.165, 1.54) is 55.5 Å². The van der Waals surface area contributed by atoms with Crippen LogP contribution in [0, 0.1) is 16.0 Å². The molecule has 1 atom stereocenters. The van der Waals surface area contributed by atoms with Gasteiger partial charge in [-0.05, 0) is 49.2 Å². The van der Waals surface area contributed by atoms with E-state index in [0.717, 1.165) is 0 Å². The minimum absolute atomic E-state index is 0.0745. The maximum atomic E-state index is 12.1. The number of carbonyl (C=O) groups is 2. The molecule has 0 N–H and O–H groups in total. The third-order valence-corrected chi connectivity index (χ3v) is 3.55. The number of rotatable bonds is 8. The van der Waals surface area contributed by atoms with E-state index < -0.39 is 23.0 Å². The van der Waals surface area contributed by atoms with Gasteiger partial charge in [0.2, 0.25) is 0 Å². The Kier molecular flexibility index (Phi) is 7.08. The lowest BCUT2D eigenvalue weighted by Gasteiger charge is -2.14. The first-order valence-corrected chi connectivity index (χ1v) is 8.66. The molecule has 0 bridgehead atoms. The van der Waals surface area contributed by atoms with Crippen molar-refractivity contribution < 1.29 is 28.7 Å². The van der Waals surface area contributed by atoms with Crippen LogP contribution in [0.4, 0.5) is 5.69 Å². The molecule has 2 aromatic rings. The summed E-state index contributed by atoms with van der Waals surface area (Å²) in [5.74, 6) is -0.292. The molecule has 2 rings (SSSR count). The van der Waals surface area contributed by atoms with Gasteiger partial charge in [0.25, 0.3) is 5.69 Å². The van der Waals surface area contributed by atoms with Crippen LogP contribution in [0.3, 0.4) is 0 Å². The van der Waals surface area contributed by atoms with Gasteiger partial charge in [0, 0.05) is 12.1 Å². The largest absolute Gasteiger partial charge is 0.479 e. The molecule has 0 heterocycles. The number of nitro benzene ring substituents is 1. The summed E-state index contributed by atoms with van der Waals surface area (Å²) in [6.45, 7) is 5.71. The highest BCUT2D eigenvalue weighted by Gasteiger charge is 2.18. The number of non-ortho nitro benzene ring substituents is 1. The summed E-state index contributed by atoms with van der Waals surface area (Å²) in [5.41, 5.74) is 0.283. The normalized spacial score (nSPS) is 11.6. The van der Waals surface area contributed by atoms with E-state index in [4.69, 9.17) is 14.2 Å². The van der Waals surface area contributed by atoms with Crippen molar-refractivity contribution in [2.45, 2.75) is 26.9 Å². The summed E-state index contributed by atoms with van der Waals surface area (Å²) >= 11 is 0. The van der Waals surface area contributed by atoms with E-state index in [2.05, 4.69) is 0 Å². The molecule has 1 unspecified atom stereocenters. The highest BCUT2D eigenvalue weighted by Crippen LogP contribution is 2.19. The lowest BCUT2D eigenvalue weighted by Crippen LogP contribution is -2.28. The van der Waals surface area contributed by atoms with Gasteiger partial charge in [-0.25, -0.2) is 9.59 Å². The van der Waals surface area contributed by atoms with Crippen molar-refractivity contribution in [1.82, 2.24) is 0 Å². The van der Waals surface area contributed by atoms with Gasteiger partial charge < -0.3 is 14.2 Å². The molecule has 0 spiro atoms. The Morgan fingerprint density at radius 2 is 1.54 bits per heavy atom. The first-order chi connectivity index (χ1) is 13.3. The zero-order valence-electron chi connectivity index (χ0n) is 15.8. The first-order valence-electron chi connectivity index (χ1n) is 8.66. The summed E-state index contributed by atoms with van der Waals surface area (Å²) in [7, 11) is 0. The smallest absolute Gasteiger partial charge is 0.352 e. The Bertz CT molecular complexity index is 829. The van der Waals surface area contributed by atoms with Crippen LogP contribution in [0.25, 0.3) is 0 Å². The van der Waals surface area contributed by atoms with Crippen molar-refractivity contribution in [1.29, 1.82) is 0 Å². The van der Waals surface area contributed by atoms with Gasteiger partial charge in [0.05, 0.1) is 17.1 Å². The van der Waals surface area contributed by atoms with Crippen LogP contribution >= 0.6 is 0 Å². The maximum absolute atomic E-state index is 12.1. The van der Waals surface area contributed by atoms with Crippen LogP contribution in [0.15, 0.2) is 48.5 Å². The molecule has 0 radical (unpaired) electrons. The third kappa shape index (κ3) is 6.08. The van der Waals surface area contributed by atoms with E-state index in [-0.39, 0.29) is 17.4 Å². The molecular weight excluding hydrogens is 366 g/mol. The van der Waals surface area contributed by atoms with E-state index in [9.17, 15) is 19.7 Å². The highest BCUT2D eigenvalue weighted by molar-refractivity contribution is 5.89. The van der Waals surface area contributed by atoms with Crippen LogP contribution in [-0.2, 0) is 9.53 Å². The Hall–Kier alpha value is -3.42. The van der Waals surface area contributed by atoms with Crippen LogP contribution < -0.4 is 9.47 Å². The number of ether oxygens (including phenoxy) is 3. The number of hydrogen-bond donors (Lipinski definition) is 0. The van der Waals surface area contributed by atoms with E-state index in [0.29, 0.717) is 17.9 Å². The van der Waals surface area contributed by atoms with Crippen LogP contribution in [0.2, 0.25) is 0 Å². The standard InChI is InChI=1S/C20H21NO7/c1-13(2)12-26-20(23)15-4-8-18(9-5-15)28-19(22)14(3)27-17-10-6-16(7-11-17)21(24)25/h4-11,13-14H,12H2,1-3H3. The van der Waals surface area contributed by atoms with Gasteiger partial charge in [-0.2, -0.15) is 0 Å². The molecule has 8 heteroatoms. The van der Waals surface area contributed by atoms with E-state index >= 15 is 0 Å². The summed E-state index contributed by atoms with van der Waals surface area (Å²) in [4.78, 5) is 34.1. The Balaban J connectivity index is 1.90. The Morgan fingerprint density at radius 3 is 2.07 bits per heavy atom. The summed E-state index contributed by atoms with van der Waals surface area (Å²) < 4.78 is 15.8. The van der Waals surface area contributed by atoms with Crippen LogP contribution in [0.5, 0.6) is 11.5 Å². The van der Waals surface area contributed by atoms with Gasteiger partial charge in [0.15, 0.2) is 6.10 Å². The van der Waals surface area contributed by atoms with Crippen molar-refractivity contribution in [3.63, 3.8) is 0 Å². The second-order valence-corrected chi connectivity index (χ2v) is 6.45. The molecule has 0 aliphatic carbocycles. The molecule has 0 fully saturated rings. The second-order valence-electron chi connectivity index (χ2n) is 6.45. The molecule has 2 aromatic carbocycles. The monoisotopic (exact) mass is 387 g/mol. The van der Waals surface area contributed by atoms with Gasteiger partial charge >= 0.3 is 11.9 Å². The molecule has 0 saturated carbocycles. The molecule has 0 aromatic heterocycles. The number of nitrogens with zero attached hydrogens (tertiary/aromatic N) is 1. The van der Waals surface area contributed by atoms with Gasteiger partial charge in [-0.1, -0.05) is 13.8 Å². The minimum atomic E-state index is -0.933. The predicted molar refractivity (Wildman–Crippen MR) is 100 cm³/mol. The van der Waals surface area contributed by atoms with Gasteiger partial charge in [-0.15, -0.1) is 0 Å². The number of esters is 2. The Labute approximate surface area is 162 Å². The molecule has 0 aliphatic rings. The highest BCUT2D eigenvalue weighted by atomic mass is 16.6. The van der Waals surface area contributed by atoms with Crippen molar-refractivity contribution in [3.05, 3.63) is 64.2 Å². The SMILES string of the molecule is CC(C)COC(=O)c1ccc(OC(=O)C(C)Oc2ccc([N+](=O)[O-])cc2)cc1. The lowest BCUT2D eigenvalue weighted by atomic mass is 10.2. The van der Waals surface area contributed by atoms with E-state index in [1.54, 1.807) is 0 Å². The fourth-order valence-corrected chi connectivity index (χ4v) is 2.08. The third-order valence-electron chi connectivity index (χ3n) is 3.55. The fourth-order valence-electron chi connectivity index (χ4n) is 2.08. The molecular formula is C20H21NO7. The maximum Gasteiger partial charge on any atom is 0.352 e. The zero-order chi connectivity index (χ0) is 20.7. The van der Waals surface area contributed by atoms with Crippen LogP contribution in [-0.4, -0.2) is 29.6 Å².